The molecular formula is C18H24INO3. The van der Waals surface area contributed by atoms with Crippen molar-refractivity contribution < 1.29 is 14.3 Å². The van der Waals surface area contributed by atoms with Crippen LogP contribution in [0.5, 0.6) is 0 Å². The zero-order chi connectivity index (χ0) is 17.0. The SMILES string of the molecule is CC(C)(C)OC(=O)N1CCCCC1CC(=O)c1ccc(I)cc1. The number of Topliss-reactive ketones (excluding diaryl/α,β-unsaturated/α-hetero) is 1. The second-order valence-corrected chi connectivity index (χ2v) is 8.20. The standard InChI is InChI=1S/C18H24INO3/c1-18(2,3)23-17(22)20-11-5-4-6-15(20)12-16(21)13-7-9-14(19)10-8-13/h7-10,15H,4-6,11-12H2,1-3H3. The summed E-state index contributed by atoms with van der Waals surface area (Å²) in [5, 5.41) is 0. The molecule has 0 aliphatic carbocycles. The van der Waals surface area contributed by atoms with Crippen molar-refractivity contribution in [3.63, 3.8) is 0 Å². The third-order valence-corrected chi connectivity index (χ3v) is 4.56. The molecule has 1 aromatic carbocycles. The molecule has 126 valence electrons. The van der Waals surface area contributed by atoms with Crippen LogP contribution in [0.1, 0.15) is 56.8 Å². The molecule has 0 radical (unpaired) electrons. The number of rotatable bonds is 3. The lowest BCUT2D eigenvalue weighted by Gasteiger charge is -2.36. The largest absolute Gasteiger partial charge is 0.444 e. The van der Waals surface area contributed by atoms with Gasteiger partial charge in [-0.25, -0.2) is 4.79 Å². The number of nitrogens with zero attached hydrogens (tertiary/aromatic N) is 1. The predicted molar refractivity (Wildman–Crippen MR) is 98.7 cm³/mol. The van der Waals surface area contributed by atoms with Crippen molar-refractivity contribution in [3.05, 3.63) is 33.4 Å². The zero-order valence-corrected chi connectivity index (χ0v) is 16.1. The normalized spacial score (nSPS) is 18.6. The van der Waals surface area contributed by atoms with Gasteiger partial charge in [0.2, 0.25) is 0 Å². The summed E-state index contributed by atoms with van der Waals surface area (Å²) in [6.07, 6.45) is 2.92. The molecule has 1 unspecified atom stereocenters. The molecule has 0 N–H and O–H groups in total. The highest BCUT2D eigenvalue weighted by Gasteiger charge is 2.31. The number of ether oxygens (including phenoxy) is 1. The maximum atomic E-state index is 12.5. The summed E-state index contributed by atoms with van der Waals surface area (Å²) < 4.78 is 6.59. The van der Waals surface area contributed by atoms with E-state index < -0.39 is 5.60 Å². The molecule has 1 fully saturated rings. The third kappa shape index (κ3) is 5.48. The van der Waals surface area contributed by atoms with Gasteiger partial charge in [0, 0.05) is 28.1 Å². The molecule has 1 aliphatic heterocycles. The number of likely N-dealkylation sites (tertiary alicyclic amines) is 1. The first-order valence-corrected chi connectivity index (χ1v) is 9.12. The van der Waals surface area contributed by atoms with Gasteiger partial charge in [-0.3, -0.25) is 4.79 Å². The first kappa shape index (κ1) is 18.2. The number of carbonyl (C=O) groups is 2. The van der Waals surface area contributed by atoms with E-state index >= 15 is 0 Å². The molecular weight excluding hydrogens is 405 g/mol. The van der Waals surface area contributed by atoms with Crippen molar-refractivity contribution in [3.8, 4) is 0 Å². The van der Waals surface area contributed by atoms with Crippen LogP contribution >= 0.6 is 22.6 Å². The summed E-state index contributed by atoms with van der Waals surface area (Å²) in [5.74, 6) is 0.0851. The van der Waals surface area contributed by atoms with E-state index in [2.05, 4.69) is 22.6 Å². The molecule has 2 rings (SSSR count). The predicted octanol–water partition coefficient (Wildman–Crippen LogP) is 4.65. The van der Waals surface area contributed by atoms with Gasteiger partial charge >= 0.3 is 6.09 Å². The Kier molecular flexibility index (Phi) is 6.06. The molecule has 1 heterocycles. The Morgan fingerprint density at radius 2 is 1.87 bits per heavy atom. The highest BCUT2D eigenvalue weighted by atomic mass is 127. The molecule has 5 heteroatoms. The molecule has 1 aliphatic rings. The van der Waals surface area contributed by atoms with Crippen LogP contribution in [0.15, 0.2) is 24.3 Å². The van der Waals surface area contributed by atoms with Gasteiger partial charge in [0.25, 0.3) is 0 Å². The number of hydrogen-bond acceptors (Lipinski definition) is 3. The quantitative estimate of drug-likeness (QED) is 0.519. The summed E-state index contributed by atoms with van der Waals surface area (Å²) in [6, 6.07) is 7.50. The van der Waals surface area contributed by atoms with Gasteiger partial charge in [-0.2, -0.15) is 0 Å². The lowest BCUT2D eigenvalue weighted by Crippen LogP contribution is -2.46. The molecule has 1 atom stereocenters. The van der Waals surface area contributed by atoms with Crippen LogP contribution in [0.3, 0.4) is 0 Å². The summed E-state index contributed by atoms with van der Waals surface area (Å²) in [5.41, 5.74) is 0.194. The molecule has 0 saturated carbocycles. The third-order valence-electron chi connectivity index (χ3n) is 3.84. The highest BCUT2D eigenvalue weighted by Crippen LogP contribution is 2.24. The van der Waals surface area contributed by atoms with E-state index in [1.807, 2.05) is 45.0 Å². The fourth-order valence-corrected chi connectivity index (χ4v) is 3.10. The summed E-state index contributed by atoms with van der Waals surface area (Å²) in [7, 11) is 0. The van der Waals surface area contributed by atoms with Gasteiger partial charge in [0.05, 0.1) is 0 Å². The number of halogens is 1. The monoisotopic (exact) mass is 429 g/mol. The van der Waals surface area contributed by atoms with E-state index in [0.717, 1.165) is 22.8 Å². The van der Waals surface area contributed by atoms with Gasteiger partial charge in [-0.05, 0) is 74.8 Å². The Balaban J connectivity index is 2.04. The topological polar surface area (TPSA) is 46.6 Å². The van der Waals surface area contributed by atoms with Crippen LogP contribution in [0, 0.1) is 3.57 Å². The maximum Gasteiger partial charge on any atom is 0.410 e. The molecule has 1 saturated heterocycles. The van der Waals surface area contributed by atoms with Crippen LogP contribution in [0.2, 0.25) is 0 Å². The van der Waals surface area contributed by atoms with E-state index in [1.54, 1.807) is 4.90 Å². The second kappa shape index (κ2) is 7.64. The summed E-state index contributed by atoms with van der Waals surface area (Å²) >= 11 is 2.22. The van der Waals surface area contributed by atoms with E-state index in [9.17, 15) is 9.59 Å². The van der Waals surface area contributed by atoms with E-state index in [0.29, 0.717) is 18.5 Å². The average molecular weight is 429 g/mol. The summed E-state index contributed by atoms with van der Waals surface area (Å²) in [4.78, 5) is 26.6. The Morgan fingerprint density at radius 3 is 2.48 bits per heavy atom. The minimum absolute atomic E-state index is 0.0645. The van der Waals surface area contributed by atoms with Gasteiger partial charge in [-0.1, -0.05) is 12.1 Å². The van der Waals surface area contributed by atoms with E-state index in [1.165, 1.54) is 0 Å². The second-order valence-electron chi connectivity index (χ2n) is 6.96. The number of hydrogen-bond donors (Lipinski definition) is 0. The number of piperidine rings is 1. The minimum Gasteiger partial charge on any atom is -0.444 e. The van der Waals surface area contributed by atoms with Gasteiger partial charge in [0.1, 0.15) is 5.60 Å². The van der Waals surface area contributed by atoms with Crippen LogP contribution in [0.25, 0.3) is 0 Å². The minimum atomic E-state index is -0.515. The molecule has 4 nitrogen and oxygen atoms in total. The van der Waals surface area contributed by atoms with Crippen LogP contribution in [-0.4, -0.2) is 35.0 Å². The van der Waals surface area contributed by atoms with Crippen molar-refractivity contribution in [1.82, 2.24) is 4.90 Å². The maximum absolute atomic E-state index is 12.5. The Labute approximate surface area is 151 Å². The molecule has 1 amide bonds. The summed E-state index contributed by atoms with van der Waals surface area (Å²) in [6.45, 7) is 6.25. The highest BCUT2D eigenvalue weighted by molar-refractivity contribution is 14.1. The van der Waals surface area contributed by atoms with Gasteiger partial charge in [0.15, 0.2) is 5.78 Å². The van der Waals surface area contributed by atoms with E-state index in [4.69, 9.17) is 4.74 Å². The van der Waals surface area contributed by atoms with E-state index in [-0.39, 0.29) is 17.9 Å². The molecule has 0 spiro atoms. The van der Waals surface area contributed by atoms with Gasteiger partial charge in [-0.15, -0.1) is 0 Å². The zero-order valence-electron chi connectivity index (χ0n) is 14.0. The molecule has 23 heavy (non-hydrogen) atoms. The van der Waals surface area contributed by atoms with Crippen molar-refractivity contribution in [2.45, 2.75) is 58.1 Å². The fourth-order valence-electron chi connectivity index (χ4n) is 2.74. The van der Waals surface area contributed by atoms with Crippen LogP contribution < -0.4 is 0 Å². The lowest BCUT2D eigenvalue weighted by atomic mass is 9.95. The molecule has 0 bridgehead atoms. The number of carbonyl (C=O) groups excluding carboxylic acids is 2. The molecule has 0 aromatic heterocycles. The van der Waals surface area contributed by atoms with Crippen LogP contribution in [-0.2, 0) is 4.74 Å². The Bertz CT molecular complexity index is 563. The first-order chi connectivity index (χ1) is 10.8. The number of ketones is 1. The molecule has 1 aromatic rings. The first-order valence-electron chi connectivity index (χ1n) is 8.04. The Hall–Kier alpha value is -1.11. The van der Waals surface area contributed by atoms with Gasteiger partial charge < -0.3 is 9.64 Å². The number of amides is 1. The van der Waals surface area contributed by atoms with Crippen molar-refractivity contribution in [2.24, 2.45) is 0 Å². The average Bonchev–Trinajstić information content (AvgIpc) is 2.46. The van der Waals surface area contributed by atoms with Crippen molar-refractivity contribution in [2.75, 3.05) is 6.54 Å². The fraction of sp³-hybridized carbons (Fsp3) is 0.556. The number of benzene rings is 1. The Morgan fingerprint density at radius 1 is 1.22 bits per heavy atom. The van der Waals surface area contributed by atoms with Crippen molar-refractivity contribution >= 4 is 34.5 Å². The van der Waals surface area contributed by atoms with Crippen molar-refractivity contribution in [1.29, 1.82) is 0 Å². The lowest BCUT2D eigenvalue weighted by molar-refractivity contribution is 0.00946. The smallest absolute Gasteiger partial charge is 0.410 e. The van der Waals surface area contributed by atoms with Crippen LogP contribution in [0.4, 0.5) is 4.79 Å².